The maximum absolute atomic E-state index is 2.47. The van der Waals surface area contributed by atoms with Crippen molar-refractivity contribution in [2.75, 3.05) is 0 Å². The smallest absolute Gasteiger partial charge is 0.0547 e. The fourth-order valence-corrected chi connectivity index (χ4v) is 9.01. The van der Waals surface area contributed by atoms with Gasteiger partial charge < -0.3 is 4.57 Å². The lowest BCUT2D eigenvalue weighted by Gasteiger charge is -2.24. The Morgan fingerprint density at radius 3 is 1.67 bits per heavy atom. The number of hydrogen-bond donors (Lipinski definition) is 0. The van der Waals surface area contributed by atoms with Crippen molar-refractivity contribution in [3.63, 3.8) is 0 Å². The molecule has 0 spiro atoms. The van der Waals surface area contributed by atoms with Gasteiger partial charge in [0, 0.05) is 16.5 Å². The highest BCUT2D eigenvalue weighted by Crippen LogP contribution is 2.47. The van der Waals surface area contributed by atoms with E-state index in [9.17, 15) is 0 Å². The zero-order valence-corrected chi connectivity index (χ0v) is 26.9. The quantitative estimate of drug-likeness (QED) is 0.173. The molecule has 0 bridgehead atoms. The summed E-state index contributed by atoms with van der Waals surface area (Å²) in [6, 6.07) is 56.4. The van der Waals surface area contributed by atoms with Crippen LogP contribution in [-0.4, -0.2) is 4.57 Å². The minimum Gasteiger partial charge on any atom is -0.309 e. The molecule has 1 heterocycles. The van der Waals surface area contributed by atoms with Gasteiger partial charge in [-0.15, -0.1) is 0 Å². The zero-order chi connectivity index (χ0) is 32.1. The molecule has 0 aliphatic heterocycles. The Morgan fingerprint density at radius 2 is 0.980 bits per heavy atom. The highest BCUT2D eigenvalue weighted by molar-refractivity contribution is 6.34. The summed E-state index contributed by atoms with van der Waals surface area (Å²) in [6.07, 6.45) is 6.82. The number of aromatic nitrogens is 1. The predicted molar refractivity (Wildman–Crippen MR) is 210 cm³/mol. The third-order valence-electron chi connectivity index (χ3n) is 11.0. The van der Waals surface area contributed by atoms with E-state index in [1.54, 1.807) is 0 Å². The van der Waals surface area contributed by atoms with Crippen LogP contribution in [0.3, 0.4) is 0 Å². The highest BCUT2D eigenvalue weighted by atomic mass is 15.0. The molecule has 11 rings (SSSR count). The molecule has 1 heteroatoms. The lowest BCUT2D eigenvalue weighted by atomic mass is 9.79. The molecule has 1 aliphatic carbocycles. The first-order valence-corrected chi connectivity index (χ1v) is 17.3. The first-order valence-electron chi connectivity index (χ1n) is 17.3. The molecule has 0 saturated heterocycles. The van der Waals surface area contributed by atoms with Gasteiger partial charge in [0.25, 0.3) is 0 Å². The molecule has 49 heavy (non-hydrogen) atoms. The first-order chi connectivity index (χ1) is 24.3. The summed E-state index contributed by atoms with van der Waals surface area (Å²) in [6.45, 7) is 0. The molecule has 0 amide bonds. The summed E-state index contributed by atoms with van der Waals surface area (Å²) in [5.74, 6) is 0. The van der Waals surface area contributed by atoms with E-state index in [1.807, 2.05) is 0 Å². The van der Waals surface area contributed by atoms with E-state index in [-0.39, 0.29) is 0 Å². The Hall–Kier alpha value is -6.18. The van der Waals surface area contributed by atoms with Crippen molar-refractivity contribution in [2.45, 2.75) is 12.8 Å². The van der Waals surface area contributed by atoms with Gasteiger partial charge in [-0.05, 0) is 114 Å². The molecule has 0 saturated carbocycles. The maximum atomic E-state index is 2.47. The van der Waals surface area contributed by atoms with E-state index in [0.717, 1.165) is 12.8 Å². The van der Waals surface area contributed by atoms with Crippen molar-refractivity contribution in [1.29, 1.82) is 0 Å². The Bertz CT molecular complexity index is 2880. The Morgan fingerprint density at radius 1 is 0.429 bits per heavy atom. The lowest BCUT2D eigenvalue weighted by molar-refractivity contribution is 0.991. The van der Waals surface area contributed by atoms with Gasteiger partial charge >= 0.3 is 0 Å². The number of fused-ring (bicyclic) bond motifs is 6. The van der Waals surface area contributed by atoms with Crippen LogP contribution in [0.2, 0.25) is 0 Å². The van der Waals surface area contributed by atoms with Crippen LogP contribution in [0.5, 0.6) is 0 Å². The molecule has 10 aromatic rings. The molecular formula is C48H31N. The van der Waals surface area contributed by atoms with Crippen LogP contribution >= 0.6 is 0 Å². The van der Waals surface area contributed by atoms with Gasteiger partial charge in [-0.1, -0.05) is 140 Å². The fourth-order valence-electron chi connectivity index (χ4n) is 9.01. The molecule has 0 fully saturated rings. The molecule has 0 atom stereocenters. The summed E-state index contributed by atoms with van der Waals surface area (Å²) in [4.78, 5) is 0. The van der Waals surface area contributed by atoms with Gasteiger partial charge in [0.2, 0.25) is 0 Å². The predicted octanol–water partition coefficient (Wildman–Crippen LogP) is 13.1. The van der Waals surface area contributed by atoms with E-state index in [4.69, 9.17) is 0 Å². The van der Waals surface area contributed by atoms with E-state index in [0.29, 0.717) is 0 Å². The van der Waals surface area contributed by atoms with Crippen molar-refractivity contribution < 1.29 is 0 Å². The number of nitrogens with zero attached hydrogens (tertiary/aromatic N) is 1. The van der Waals surface area contributed by atoms with Crippen molar-refractivity contribution in [3.05, 3.63) is 169 Å². The normalized spacial score (nSPS) is 13.1. The Balaban J connectivity index is 1.15. The molecular weight excluding hydrogens is 591 g/mol. The van der Waals surface area contributed by atoms with E-state index >= 15 is 0 Å². The number of hydrogen-bond acceptors (Lipinski definition) is 0. The monoisotopic (exact) mass is 621 g/mol. The van der Waals surface area contributed by atoms with Crippen LogP contribution in [0.1, 0.15) is 17.5 Å². The van der Waals surface area contributed by atoms with Gasteiger partial charge in [-0.25, -0.2) is 0 Å². The van der Waals surface area contributed by atoms with Crippen molar-refractivity contribution >= 4 is 71.0 Å². The Kier molecular flexibility index (Phi) is 5.57. The van der Waals surface area contributed by atoms with E-state index < -0.39 is 0 Å². The molecule has 1 nitrogen and oxygen atoms in total. The summed E-state index contributed by atoms with van der Waals surface area (Å²) < 4.78 is 2.47. The first kappa shape index (κ1) is 26.8. The number of allylic oxidation sites excluding steroid dienone is 1. The minimum atomic E-state index is 1.03. The summed E-state index contributed by atoms with van der Waals surface area (Å²) in [5, 5.41) is 13.2. The van der Waals surface area contributed by atoms with Crippen LogP contribution < -0.4 is 0 Å². The van der Waals surface area contributed by atoms with Gasteiger partial charge in [0.15, 0.2) is 0 Å². The van der Waals surface area contributed by atoms with Crippen molar-refractivity contribution in [3.8, 4) is 27.9 Å². The number of rotatable bonds is 3. The SMILES string of the molecule is C1=Cc2c(c(-c3ccc(-n4c5cccc6c7ccccc7c7cccc4c7c65)cc3)c3ccccc3c2-c2cccc3ccccc23)CC1. The average Bonchev–Trinajstić information content (AvgIpc) is 3.52. The molecule has 228 valence electrons. The van der Waals surface area contributed by atoms with Crippen molar-refractivity contribution in [1.82, 2.24) is 4.57 Å². The molecule has 1 aromatic heterocycles. The van der Waals surface area contributed by atoms with Crippen LogP contribution in [-0.2, 0) is 6.42 Å². The van der Waals surface area contributed by atoms with Gasteiger partial charge in [0.1, 0.15) is 0 Å². The molecule has 9 aromatic carbocycles. The van der Waals surface area contributed by atoms with Crippen molar-refractivity contribution in [2.24, 2.45) is 0 Å². The molecule has 0 N–H and O–H groups in total. The summed E-state index contributed by atoms with van der Waals surface area (Å²) in [5.41, 5.74) is 11.8. The Labute approximate surface area is 284 Å². The average molecular weight is 622 g/mol. The highest BCUT2D eigenvalue weighted by Gasteiger charge is 2.23. The summed E-state index contributed by atoms with van der Waals surface area (Å²) >= 11 is 0. The third kappa shape index (κ3) is 3.70. The maximum Gasteiger partial charge on any atom is 0.0547 e. The number of benzene rings is 9. The minimum absolute atomic E-state index is 1.03. The van der Waals surface area contributed by atoms with Crippen LogP contribution in [0.25, 0.3) is 98.9 Å². The lowest BCUT2D eigenvalue weighted by Crippen LogP contribution is -2.03. The van der Waals surface area contributed by atoms with E-state index in [2.05, 4.69) is 168 Å². The molecule has 1 aliphatic rings. The fraction of sp³-hybridized carbons (Fsp3) is 0.0417. The second-order valence-electron chi connectivity index (χ2n) is 13.5. The zero-order valence-electron chi connectivity index (χ0n) is 26.9. The summed E-state index contributed by atoms with van der Waals surface area (Å²) in [7, 11) is 0. The van der Waals surface area contributed by atoms with E-state index in [1.165, 1.54) is 104 Å². The second-order valence-corrected chi connectivity index (χ2v) is 13.5. The third-order valence-corrected chi connectivity index (χ3v) is 11.0. The van der Waals surface area contributed by atoms with Crippen LogP contribution in [0.15, 0.2) is 158 Å². The van der Waals surface area contributed by atoms with Crippen LogP contribution in [0, 0.1) is 0 Å². The largest absolute Gasteiger partial charge is 0.309 e. The second kappa shape index (κ2) is 10.2. The van der Waals surface area contributed by atoms with Gasteiger partial charge in [0.05, 0.1) is 11.0 Å². The van der Waals surface area contributed by atoms with Gasteiger partial charge in [-0.2, -0.15) is 0 Å². The molecule has 0 unspecified atom stereocenters. The standard InChI is InChI=1S/C48H31N/c1-2-14-33-30(12-1)13-9-21-36(33)46-41-19-7-5-17-39(41)45(40-18-6-8-20-42(40)46)31-26-28-32(29-27-31)49-43-24-10-22-37-34-15-3-4-16-35(34)38-23-11-25-44(49)48(38)47(37)43/h1-5,7-17,19-29H,6,18H2. The topological polar surface area (TPSA) is 4.93 Å². The van der Waals surface area contributed by atoms with Crippen LogP contribution in [0.4, 0.5) is 0 Å². The molecule has 0 radical (unpaired) electrons. The van der Waals surface area contributed by atoms with Gasteiger partial charge in [-0.3, -0.25) is 0 Å².